The van der Waals surface area contributed by atoms with Gasteiger partial charge in [-0.15, -0.1) is 0 Å². The van der Waals surface area contributed by atoms with Gasteiger partial charge >= 0.3 is 13.8 Å². The Labute approximate surface area is 182 Å². The Morgan fingerprint density at radius 2 is 1.47 bits per heavy atom. The number of aliphatic hydroxyl groups is 1. The lowest BCUT2D eigenvalue weighted by atomic mass is 9.94. The number of hydroxylamine groups is 2. The first-order valence-corrected chi connectivity index (χ1v) is 13.7. The van der Waals surface area contributed by atoms with E-state index >= 15 is 0 Å². The minimum Gasteiger partial charge on any atom is -0.388 e. The van der Waals surface area contributed by atoms with Gasteiger partial charge in [-0.2, -0.15) is 14.7 Å². The molecule has 30 heavy (non-hydrogen) atoms. The Balaban J connectivity index is 1.18. The molecule has 4 aliphatic rings. The average molecular weight is 445 g/mol. The van der Waals surface area contributed by atoms with E-state index in [0.717, 1.165) is 19.3 Å². The molecule has 0 amide bonds. The maximum Gasteiger partial charge on any atom is 0.557 e. The van der Waals surface area contributed by atoms with Gasteiger partial charge in [-0.1, -0.05) is 103 Å². The molecular formula is C22H41N2O5P. The van der Waals surface area contributed by atoms with Gasteiger partial charge < -0.3 is 9.63 Å². The Morgan fingerprint density at radius 1 is 0.967 bits per heavy atom. The third-order valence-electron chi connectivity index (χ3n) is 6.54. The highest BCUT2D eigenvalue weighted by Crippen LogP contribution is 2.67. The van der Waals surface area contributed by atoms with Crippen molar-refractivity contribution in [2.24, 2.45) is 4.99 Å². The van der Waals surface area contributed by atoms with Gasteiger partial charge in [0, 0.05) is 0 Å². The second-order valence-corrected chi connectivity index (χ2v) is 10.5. The maximum absolute atomic E-state index is 12.3. The van der Waals surface area contributed by atoms with Gasteiger partial charge in [0.05, 0.1) is 0 Å². The molecular weight excluding hydrogens is 403 g/mol. The summed E-state index contributed by atoms with van der Waals surface area (Å²) in [4.78, 5) is 4.31. The molecule has 2 fully saturated rings. The third-order valence-corrected chi connectivity index (χ3v) is 7.82. The second kappa shape index (κ2) is 11.3. The number of rotatable bonds is 17. The molecule has 4 rings (SSSR count). The molecule has 4 atom stereocenters. The summed E-state index contributed by atoms with van der Waals surface area (Å²) in [5.74, 6) is 0. The van der Waals surface area contributed by atoms with E-state index in [1.807, 2.05) is 0 Å². The summed E-state index contributed by atoms with van der Waals surface area (Å²) in [6.07, 6.45) is 19.7. The number of aliphatic hydroxyl groups excluding tert-OH is 1. The van der Waals surface area contributed by atoms with E-state index in [9.17, 15) is 9.67 Å². The summed E-state index contributed by atoms with van der Waals surface area (Å²) in [5.41, 5.74) is -1.21. The van der Waals surface area contributed by atoms with Crippen LogP contribution in [0, 0.1) is 0 Å². The summed E-state index contributed by atoms with van der Waals surface area (Å²) >= 11 is 0. The molecule has 0 spiro atoms. The maximum atomic E-state index is 12.3. The van der Waals surface area contributed by atoms with Crippen LogP contribution in [0.25, 0.3) is 0 Å². The number of phosphoric ester groups is 1. The fraction of sp³-hybridized carbons (Fsp3) is 0.955. The predicted octanol–water partition coefficient (Wildman–Crippen LogP) is 6.47. The van der Waals surface area contributed by atoms with E-state index in [4.69, 9.17) is 13.7 Å². The molecule has 0 aromatic heterocycles. The van der Waals surface area contributed by atoms with E-state index in [1.54, 1.807) is 6.92 Å². The Bertz CT molecular complexity index is 614. The van der Waals surface area contributed by atoms with Crippen molar-refractivity contribution in [2.75, 3.05) is 0 Å². The summed E-state index contributed by atoms with van der Waals surface area (Å²) in [6.45, 7) is 3.89. The molecule has 0 aromatic rings. The molecule has 174 valence electrons. The highest BCUT2D eigenvalue weighted by Gasteiger charge is 2.70. The minimum absolute atomic E-state index is 0.191. The molecule has 7 nitrogen and oxygen atoms in total. The highest BCUT2D eigenvalue weighted by atomic mass is 31.2. The number of nitrogens with zero attached hydrogens (tertiary/aromatic N) is 2. The first-order valence-electron chi connectivity index (χ1n) is 12.3. The summed E-state index contributed by atoms with van der Waals surface area (Å²) in [6, 6.07) is -0.0875. The van der Waals surface area contributed by atoms with Crippen LogP contribution < -0.4 is 0 Å². The largest absolute Gasteiger partial charge is 0.557 e. The normalized spacial score (nSPS) is 30.0. The van der Waals surface area contributed by atoms with Gasteiger partial charge in [-0.25, -0.2) is 9.09 Å². The predicted molar refractivity (Wildman–Crippen MR) is 118 cm³/mol. The van der Waals surface area contributed by atoms with Gasteiger partial charge in [0.1, 0.15) is 12.1 Å². The van der Waals surface area contributed by atoms with Gasteiger partial charge in [0.25, 0.3) is 0 Å². The Kier molecular flexibility index (Phi) is 9.06. The van der Waals surface area contributed by atoms with E-state index in [1.165, 1.54) is 88.5 Å². The molecule has 4 bridgehead atoms. The number of hydrogen-bond acceptors (Lipinski definition) is 7. The topological polar surface area (TPSA) is 80.6 Å². The van der Waals surface area contributed by atoms with Crippen LogP contribution in [-0.2, 0) is 18.2 Å². The molecule has 1 N–H and O–H groups in total. The van der Waals surface area contributed by atoms with Crippen LogP contribution in [0.2, 0.25) is 0 Å². The van der Waals surface area contributed by atoms with Crippen LogP contribution >= 0.6 is 7.82 Å². The van der Waals surface area contributed by atoms with Crippen LogP contribution in [0.5, 0.6) is 0 Å². The van der Waals surface area contributed by atoms with Crippen LogP contribution in [-0.4, -0.2) is 34.1 Å². The van der Waals surface area contributed by atoms with E-state index < -0.39 is 19.7 Å². The van der Waals surface area contributed by atoms with E-state index in [2.05, 4.69) is 11.9 Å². The van der Waals surface area contributed by atoms with Crippen molar-refractivity contribution >= 4 is 13.8 Å². The SMILES string of the molecule is CCCCCCCCCCCCCCCCCC1N2OP3(=O)OC2=NC1(C(C)O)O3. The zero-order valence-electron chi connectivity index (χ0n) is 18.9. The van der Waals surface area contributed by atoms with Crippen molar-refractivity contribution in [1.29, 1.82) is 0 Å². The Morgan fingerprint density at radius 3 is 1.97 bits per heavy atom. The van der Waals surface area contributed by atoms with E-state index in [0.29, 0.717) is 0 Å². The van der Waals surface area contributed by atoms with Gasteiger partial charge in [0.15, 0.2) is 0 Å². The van der Waals surface area contributed by atoms with Crippen molar-refractivity contribution in [3.63, 3.8) is 0 Å². The number of hydrogen-bond donors (Lipinski definition) is 1. The summed E-state index contributed by atoms with van der Waals surface area (Å²) < 4.78 is 28.2. The number of phosphoric acid groups is 1. The fourth-order valence-corrected chi connectivity index (χ4v) is 6.23. The van der Waals surface area contributed by atoms with Crippen LogP contribution in [0.4, 0.5) is 0 Å². The average Bonchev–Trinajstić information content (AvgIpc) is 3.07. The van der Waals surface area contributed by atoms with Crippen molar-refractivity contribution in [1.82, 2.24) is 5.06 Å². The standard InChI is InChI=1S/C22H41N2O5P/c1-3-4-5-6-7-8-9-10-11-12-13-14-15-16-17-18-20-22(19(2)25)23-21-24(20)29-30(26,27-21)28-22/h19-20,25H,3-18H2,1-2H3. The molecule has 8 heteroatoms. The fourth-order valence-electron chi connectivity index (χ4n) is 4.73. The molecule has 0 saturated carbocycles. The molecule has 0 aromatic carbocycles. The molecule has 4 unspecified atom stereocenters. The number of aliphatic imine (C=N–C) groups is 1. The number of amidine groups is 1. The lowest BCUT2D eigenvalue weighted by Gasteiger charge is -2.40. The van der Waals surface area contributed by atoms with Gasteiger partial charge in [-0.05, 0) is 13.3 Å². The van der Waals surface area contributed by atoms with Crippen LogP contribution in [0.15, 0.2) is 4.99 Å². The molecule has 0 radical (unpaired) electrons. The number of unbranched alkanes of at least 4 members (excludes halogenated alkanes) is 14. The smallest absolute Gasteiger partial charge is 0.388 e. The van der Waals surface area contributed by atoms with Crippen molar-refractivity contribution in [3.05, 3.63) is 0 Å². The van der Waals surface area contributed by atoms with Gasteiger partial charge in [0.2, 0.25) is 5.72 Å². The highest BCUT2D eigenvalue weighted by molar-refractivity contribution is 7.49. The minimum atomic E-state index is -3.62. The van der Waals surface area contributed by atoms with Crippen molar-refractivity contribution in [2.45, 2.75) is 134 Å². The first-order chi connectivity index (χ1) is 14.5. The lowest BCUT2D eigenvalue weighted by Crippen LogP contribution is -2.55. The molecule has 4 heterocycles. The van der Waals surface area contributed by atoms with E-state index in [-0.39, 0.29) is 12.1 Å². The zero-order valence-corrected chi connectivity index (χ0v) is 19.8. The van der Waals surface area contributed by atoms with Crippen LogP contribution in [0.3, 0.4) is 0 Å². The van der Waals surface area contributed by atoms with Gasteiger partial charge in [-0.3, -0.25) is 0 Å². The molecule has 4 aliphatic heterocycles. The van der Waals surface area contributed by atoms with Crippen molar-refractivity contribution in [3.8, 4) is 0 Å². The second-order valence-electron chi connectivity index (χ2n) is 9.11. The quantitative estimate of drug-likeness (QED) is 0.205. The zero-order chi connectivity index (χ0) is 21.5. The lowest BCUT2D eigenvalue weighted by molar-refractivity contribution is -0.172. The van der Waals surface area contributed by atoms with Crippen LogP contribution in [0.1, 0.15) is 117 Å². The molecule has 2 saturated heterocycles. The summed E-state index contributed by atoms with van der Waals surface area (Å²) in [5, 5.41) is 11.7. The Hall–Kier alpha value is -0.620. The third kappa shape index (κ3) is 5.79. The van der Waals surface area contributed by atoms with Crippen molar-refractivity contribution < 1.29 is 23.3 Å². The summed E-state index contributed by atoms with van der Waals surface area (Å²) in [7, 11) is -3.62. The monoisotopic (exact) mass is 444 g/mol. The molecule has 0 aliphatic carbocycles. The first kappa shape index (κ1) is 24.0.